The average molecular weight is 417 g/mol. The number of carbonyl (C=O) groups excluding carboxylic acids is 2. The number of benzene rings is 2. The Hall–Kier alpha value is -4.38. The number of amides is 1. The summed E-state index contributed by atoms with van der Waals surface area (Å²) in [6, 6.07) is 16.7. The molecule has 0 radical (unpaired) electrons. The van der Waals surface area contributed by atoms with Gasteiger partial charge >= 0.3 is 5.97 Å². The number of esters is 1. The summed E-state index contributed by atoms with van der Waals surface area (Å²) in [6.07, 6.45) is 1.40. The SMILES string of the molecule is CCOc1cc(C=C(C#N)C(=O)Nc2cc(C)on2)ccc1OC(=O)c1ccccc1. The van der Waals surface area contributed by atoms with E-state index in [4.69, 9.17) is 14.0 Å². The van der Waals surface area contributed by atoms with E-state index in [9.17, 15) is 14.9 Å². The maximum absolute atomic E-state index is 12.4. The van der Waals surface area contributed by atoms with Crippen LogP contribution in [0.25, 0.3) is 6.08 Å². The molecular weight excluding hydrogens is 398 g/mol. The number of nitriles is 1. The van der Waals surface area contributed by atoms with Crippen LogP contribution in [0.1, 0.15) is 28.6 Å². The molecule has 0 aliphatic heterocycles. The predicted octanol–water partition coefficient (Wildman–Crippen LogP) is 4.15. The molecule has 0 atom stereocenters. The Balaban J connectivity index is 1.82. The van der Waals surface area contributed by atoms with E-state index in [1.807, 2.05) is 6.07 Å². The van der Waals surface area contributed by atoms with Gasteiger partial charge in [0.2, 0.25) is 0 Å². The molecule has 0 aliphatic carbocycles. The fourth-order valence-corrected chi connectivity index (χ4v) is 2.62. The average Bonchev–Trinajstić information content (AvgIpc) is 3.18. The van der Waals surface area contributed by atoms with Gasteiger partial charge in [-0.15, -0.1) is 0 Å². The lowest BCUT2D eigenvalue weighted by Gasteiger charge is -2.11. The highest BCUT2D eigenvalue weighted by Gasteiger charge is 2.15. The molecule has 1 heterocycles. The summed E-state index contributed by atoms with van der Waals surface area (Å²) < 4.78 is 15.9. The zero-order valence-corrected chi connectivity index (χ0v) is 16.9. The van der Waals surface area contributed by atoms with Crippen LogP contribution < -0.4 is 14.8 Å². The molecule has 8 nitrogen and oxygen atoms in total. The van der Waals surface area contributed by atoms with Crippen molar-refractivity contribution in [2.45, 2.75) is 13.8 Å². The molecule has 2 aromatic carbocycles. The van der Waals surface area contributed by atoms with E-state index >= 15 is 0 Å². The Morgan fingerprint density at radius 2 is 1.94 bits per heavy atom. The minimum absolute atomic E-state index is 0.142. The molecule has 0 aliphatic rings. The Morgan fingerprint density at radius 3 is 2.58 bits per heavy atom. The standard InChI is InChI=1S/C23H19N3O5/c1-3-29-20-13-16(9-10-19(20)30-23(28)17-7-5-4-6-8-17)12-18(14-24)22(27)25-21-11-15(2)31-26-21/h4-13H,3H2,1-2H3,(H,25,26,27). The van der Waals surface area contributed by atoms with E-state index in [-0.39, 0.29) is 17.1 Å². The smallest absolute Gasteiger partial charge is 0.343 e. The fourth-order valence-electron chi connectivity index (χ4n) is 2.62. The molecule has 1 amide bonds. The van der Waals surface area contributed by atoms with Crippen molar-refractivity contribution in [1.82, 2.24) is 5.16 Å². The van der Waals surface area contributed by atoms with E-state index in [0.29, 0.717) is 29.2 Å². The molecule has 156 valence electrons. The third-order valence-corrected chi connectivity index (χ3v) is 4.03. The van der Waals surface area contributed by atoms with E-state index in [1.165, 1.54) is 12.1 Å². The van der Waals surface area contributed by atoms with Crippen LogP contribution >= 0.6 is 0 Å². The van der Waals surface area contributed by atoms with E-state index in [2.05, 4.69) is 10.5 Å². The molecule has 0 saturated heterocycles. The second-order valence-electron chi connectivity index (χ2n) is 6.34. The number of hydrogen-bond donors (Lipinski definition) is 1. The monoisotopic (exact) mass is 417 g/mol. The largest absolute Gasteiger partial charge is 0.490 e. The molecule has 1 N–H and O–H groups in total. The van der Waals surface area contributed by atoms with Crippen LogP contribution in [0.15, 0.2) is 64.7 Å². The number of nitrogens with zero attached hydrogens (tertiary/aromatic N) is 2. The predicted molar refractivity (Wildman–Crippen MR) is 112 cm³/mol. The first kappa shape index (κ1) is 21.3. The second-order valence-corrected chi connectivity index (χ2v) is 6.34. The second kappa shape index (κ2) is 9.89. The van der Waals surface area contributed by atoms with Gasteiger partial charge in [0.1, 0.15) is 17.4 Å². The molecule has 8 heteroatoms. The minimum atomic E-state index is -0.631. The van der Waals surface area contributed by atoms with Crippen molar-refractivity contribution in [3.05, 3.63) is 77.1 Å². The molecule has 0 spiro atoms. The Kier molecular flexibility index (Phi) is 6.81. The summed E-state index contributed by atoms with van der Waals surface area (Å²) >= 11 is 0. The number of ether oxygens (including phenoxy) is 2. The first-order valence-corrected chi connectivity index (χ1v) is 9.40. The highest BCUT2D eigenvalue weighted by Crippen LogP contribution is 2.30. The van der Waals surface area contributed by atoms with Crippen molar-refractivity contribution in [1.29, 1.82) is 5.26 Å². The summed E-state index contributed by atoms with van der Waals surface area (Å²) in [7, 11) is 0. The van der Waals surface area contributed by atoms with Gasteiger partial charge < -0.3 is 19.3 Å². The number of aryl methyl sites for hydroxylation is 1. The van der Waals surface area contributed by atoms with Crippen LogP contribution in [0.4, 0.5) is 5.82 Å². The molecule has 0 fully saturated rings. The molecule has 1 aromatic heterocycles. The van der Waals surface area contributed by atoms with E-state index < -0.39 is 11.9 Å². The molecule has 0 unspecified atom stereocenters. The lowest BCUT2D eigenvalue weighted by Crippen LogP contribution is -2.13. The van der Waals surface area contributed by atoms with Crippen LogP contribution in [-0.4, -0.2) is 23.6 Å². The maximum Gasteiger partial charge on any atom is 0.343 e. The summed E-state index contributed by atoms with van der Waals surface area (Å²) in [5.74, 6) is 0.124. The zero-order chi connectivity index (χ0) is 22.2. The molecular formula is C23H19N3O5. The van der Waals surface area contributed by atoms with Gasteiger partial charge in [-0.3, -0.25) is 4.79 Å². The fraction of sp³-hybridized carbons (Fsp3) is 0.130. The first-order chi connectivity index (χ1) is 15.0. The molecule has 0 saturated carbocycles. The van der Waals surface area contributed by atoms with Crippen molar-refractivity contribution in [3.8, 4) is 17.6 Å². The van der Waals surface area contributed by atoms with Crippen LogP contribution in [0.5, 0.6) is 11.5 Å². The number of rotatable bonds is 7. The van der Waals surface area contributed by atoms with E-state index in [1.54, 1.807) is 62.4 Å². The number of carbonyl (C=O) groups is 2. The minimum Gasteiger partial charge on any atom is -0.490 e. The maximum atomic E-state index is 12.4. The van der Waals surface area contributed by atoms with Gasteiger partial charge in [0.25, 0.3) is 5.91 Å². The van der Waals surface area contributed by atoms with Gasteiger partial charge in [0, 0.05) is 6.07 Å². The van der Waals surface area contributed by atoms with Crippen LogP contribution in [-0.2, 0) is 4.79 Å². The highest BCUT2D eigenvalue weighted by molar-refractivity contribution is 6.09. The number of anilines is 1. The normalized spacial score (nSPS) is 10.8. The van der Waals surface area contributed by atoms with Crippen LogP contribution in [0.2, 0.25) is 0 Å². The van der Waals surface area contributed by atoms with Gasteiger partial charge in [-0.1, -0.05) is 29.4 Å². The van der Waals surface area contributed by atoms with Crippen molar-refractivity contribution in [3.63, 3.8) is 0 Å². The van der Waals surface area contributed by atoms with E-state index in [0.717, 1.165) is 0 Å². The Morgan fingerprint density at radius 1 is 1.16 bits per heavy atom. The summed E-state index contributed by atoms with van der Waals surface area (Å²) in [4.78, 5) is 24.7. The lowest BCUT2D eigenvalue weighted by atomic mass is 10.1. The third-order valence-electron chi connectivity index (χ3n) is 4.03. The Bertz CT molecular complexity index is 1160. The number of nitrogens with one attached hydrogen (secondary N) is 1. The van der Waals surface area contributed by atoms with Crippen molar-refractivity contribution in [2.24, 2.45) is 0 Å². The van der Waals surface area contributed by atoms with Crippen LogP contribution in [0, 0.1) is 18.3 Å². The van der Waals surface area contributed by atoms with Gasteiger partial charge in [0.15, 0.2) is 17.3 Å². The van der Waals surface area contributed by atoms with Crippen molar-refractivity contribution >= 4 is 23.8 Å². The Labute approximate surface area is 178 Å². The van der Waals surface area contributed by atoms with Gasteiger partial charge in [-0.2, -0.15) is 5.26 Å². The topological polar surface area (TPSA) is 114 Å². The summed E-state index contributed by atoms with van der Waals surface area (Å²) in [5.41, 5.74) is 0.781. The number of hydrogen-bond acceptors (Lipinski definition) is 7. The van der Waals surface area contributed by atoms with Gasteiger partial charge in [-0.05, 0) is 49.8 Å². The van der Waals surface area contributed by atoms with Gasteiger partial charge in [0.05, 0.1) is 12.2 Å². The van der Waals surface area contributed by atoms with Crippen molar-refractivity contribution in [2.75, 3.05) is 11.9 Å². The van der Waals surface area contributed by atoms with Crippen molar-refractivity contribution < 1.29 is 23.6 Å². The third kappa shape index (κ3) is 5.58. The lowest BCUT2D eigenvalue weighted by molar-refractivity contribution is -0.112. The first-order valence-electron chi connectivity index (χ1n) is 9.40. The summed E-state index contributed by atoms with van der Waals surface area (Å²) in [5, 5.41) is 15.6. The van der Waals surface area contributed by atoms with Crippen LogP contribution in [0.3, 0.4) is 0 Å². The number of aromatic nitrogens is 1. The quantitative estimate of drug-likeness (QED) is 0.266. The zero-order valence-electron chi connectivity index (χ0n) is 16.9. The highest BCUT2D eigenvalue weighted by atomic mass is 16.6. The molecule has 0 bridgehead atoms. The molecule has 3 rings (SSSR count). The van der Waals surface area contributed by atoms with Gasteiger partial charge in [-0.25, -0.2) is 4.79 Å². The molecule has 3 aromatic rings. The summed E-state index contributed by atoms with van der Waals surface area (Å²) in [6.45, 7) is 3.81. The molecule has 31 heavy (non-hydrogen) atoms.